The van der Waals surface area contributed by atoms with Gasteiger partial charge in [-0.2, -0.15) is 0 Å². The first kappa shape index (κ1) is 13.3. The van der Waals surface area contributed by atoms with E-state index in [-0.39, 0.29) is 11.8 Å². The summed E-state index contributed by atoms with van der Waals surface area (Å²) in [6.07, 6.45) is 0.604. The summed E-state index contributed by atoms with van der Waals surface area (Å²) in [5, 5.41) is 12.6. The average molecular weight is 265 g/mol. The Hall–Kier alpha value is -1.16. The summed E-state index contributed by atoms with van der Waals surface area (Å²) >= 11 is 1.85. The molecule has 2 N–H and O–H groups in total. The molecule has 98 valence electrons. The van der Waals surface area contributed by atoms with Gasteiger partial charge in [-0.3, -0.25) is 4.79 Å². The maximum atomic E-state index is 11.2. The van der Waals surface area contributed by atoms with E-state index in [1.54, 1.807) is 0 Å². The van der Waals surface area contributed by atoms with Crippen molar-refractivity contribution in [3.05, 3.63) is 23.8 Å². The Bertz CT molecular complexity index is 445. The normalized spacial score (nSPS) is 15.9. The van der Waals surface area contributed by atoms with E-state index in [4.69, 9.17) is 0 Å². The van der Waals surface area contributed by atoms with Gasteiger partial charge in [-0.15, -0.1) is 11.8 Å². The van der Waals surface area contributed by atoms with Crippen molar-refractivity contribution in [2.75, 3.05) is 17.6 Å². The molecule has 3 nitrogen and oxygen atoms in total. The lowest BCUT2D eigenvalue weighted by Crippen LogP contribution is -2.22. The fourth-order valence-corrected chi connectivity index (χ4v) is 3.05. The Morgan fingerprint density at radius 1 is 1.50 bits per heavy atom. The van der Waals surface area contributed by atoms with Crippen LogP contribution in [0.3, 0.4) is 0 Å². The van der Waals surface area contributed by atoms with Crippen LogP contribution in [0.1, 0.15) is 19.4 Å². The van der Waals surface area contributed by atoms with Gasteiger partial charge in [0.05, 0.1) is 5.92 Å². The van der Waals surface area contributed by atoms with E-state index < -0.39 is 5.97 Å². The number of anilines is 1. The molecule has 0 amide bonds. The van der Waals surface area contributed by atoms with Crippen LogP contribution >= 0.6 is 11.8 Å². The van der Waals surface area contributed by atoms with Crippen molar-refractivity contribution in [2.45, 2.75) is 25.2 Å². The summed E-state index contributed by atoms with van der Waals surface area (Å²) in [6.45, 7) is 4.91. The van der Waals surface area contributed by atoms with Crippen LogP contribution in [0.25, 0.3) is 0 Å². The molecular weight excluding hydrogens is 246 g/mol. The Morgan fingerprint density at radius 3 is 2.94 bits per heavy atom. The third-order valence-corrected chi connectivity index (χ3v) is 4.37. The first-order valence-electron chi connectivity index (χ1n) is 6.30. The van der Waals surface area contributed by atoms with Crippen molar-refractivity contribution < 1.29 is 9.90 Å². The zero-order chi connectivity index (χ0) is 13.1. The molecule has 1 aliphatic rings. The Morgan fingerprint density at radius 2 is 2.28 bits per heavy atom. The van der Waals surface area contributed by atoms with E-state index in [0.717, 1.165) is 23.5 Å². The van der Waals surface area contributed by atoms with Gasteiger partial charge in [-0.05, 0) is 30.0 Å². The first-order valence-corrected chi connectivity index (χ1v) is 7.29. The molecule has 2 rings (SSSR count). The maximum Gasteiger partial charge on any atom is 0.307 e. The maximum absolute atomic E-state index is 11.2. The summed E-state index contributed by atoms with van der Waals surface area (Å²) in [7, 11) is 0. The number of rotatable bonds is 4. The second kappa shape index (κ2) is 5.65. The zero-order valence-corrected chi connectivity index (χ0v) is 11.6. The molecule has 0 saturated heterocycles. The standard InChI is InChI=1S/C14H19NO2S/c1-9(2)11(14(16)17)7-10-3-4-13-12(8-10)15-5-6-18-13/h3-4,8-9,11,15H,5-7H2,1-2H3,(H,16,17). The Balaban J connectivity index is 2.16. The predicted molar refractivity (Wildman–Crippen MR) is 75.3 cm³/mol. The second-order valence-electron chi connectivity index (χ2n) is 5.00. The number of nitrogens with one attached hydrogen (secondary N) is 1. The molecule has 0 aliphatic carbocycles. The zero-order valence-electron chi connectivity index (χ0n) is 10.8. The fourth-order valence-electron chi connectivity index (χ4n) is 2.18. The number of carboxylic acid groups (broad SMARTS) is 1. The van der Waals surface area contributed by atoms with Gasteiger partial charge in [0.2, 0.25) is 0 Å². The molecule has 0 spiro atoms. The molecule has 1 aliphatic heterocycles. The SMILES string of the molecule is CC(C)C(Cc1ccc2c(c1)NCCS2)C(=O)O. The smallest absolute Gasteiger partial charge is 0.307 e. The molecule has 1 heterocycles. The van der Waals surface area contributed by atoms with Crippen molar-refractivity contribution in [3.63, 3.8) is 0 Å². The summed E-state index contributed by atoms with van der Waals surface area (Å²) < 4.78 is 0. The van der Waals surface area contributed by atoms with Gasteiger partial charge < -0.3 is 10.4 Å². The number of benzene rings is 1. The largest absolute Gasteiger partial charge is 0.481 e. The predicted octanol–water partition coefficient (Wildman–Crippen LogP) is 3.10. The second-order valence-corrected chi connectivity index (χ2v) is 6.14. The van der Waals surface area contributed by atoms with Gasteiger partial charge in [0, 0.05) is 22.9 Å². The third kappa shape index (κ3) is 2.99. The summed E-state index contributed by atoms with van der Waals surface area (Å²) in [6, 6.07) is 6.25. The highest BCUT2D eigenvalue weighted by molar-refractivity contribution is 7.99. The molecule has 0 fully saturated rings. The summed E-state index contributed by atoms with van der Waals surface area (Å²) in [4.78, 5) is 12.5. The molecule has 0 radical (unpaired) electrons. The van der Waals surface area contributed by atoms with E-state index in [2.05, 4.69) is 23.5 Å². The lowest BCUT2D eigenvalue weighted by Gasteiger charge is -2.20. The van der Waals surface area contributed by atoms with Gasteiger partial charge in [-0.1, -0.05) is 19.9 Å². The molecule has 0 bridgehead atoms. The van der Waals surface area contributed by atoms with Gasteiger partial charge in [0.15, 0.2) is 0 Å². The van der Waals surface area contributed by atoms with Crippen LogP contribution in [-0.4, -0.2) is 23.4 Å². The molecule has 1 aromatic carbocycles. The molecule has 0 aromatic heterocycles. The summed E-state index contributed by atoms with van der Waals surface area (Å²) in [5.74, 6) is 0.237. The minimum absolute atomic E-state index is 0.154. The number of thioether (sulfide) groups is 1. The number of carbonyl (C=O) groups is 1. The molecule has 1 aromatic rings. The van der Waals surface area contributed by atoms with Crippen LogP contribution in [0.15, 0.2) is 23.1 Å². The van der Waals surface area contributed by atoms with Gasteiger partial charge >= 0.3 is 5.97 Å². The highest BCUT2D eigenvalue weighted by atomic mass is 32.2. The van der Waals surface area contributed by atoms with E-state index in [0.29, 0.717) is 6.42 Å². The monoisotopic (exact) mass is 265 g/mol. The van der Waals surface area contributed by atoms with Crippen LogP contribution in [0.4, 0.5) is 5.69 Å². The number of aliphatic carboxylic acids is 1. The van der Waals surface area contributed by atoms with Crippen LogP contribution in [-0.2, 0) is 11.2 Å². The number of carboxylic acids is 1. The number of hydrogen-bond acceptors (Lipinski definition) is 3. The third-order valence-electron chi connectivity index (χ3n) is 3.30. The molecule has 18 heavy (non-hydrogen) atoms. The highest BCUT2D eigenvalue weighted by Crippen LogP contribution is 2.32. The van der Waals surface area contributed by atoms with Crippen molar-refractivity contribution in [3.8, 4) is 0 Å². The molecule has 0 saturated carbocycles. The van der Waals surface area contributed by atoms with Crippen molar-refractivity contribution in [1.29, 1.82) is 0 Å². The molecule has 1 unspecified atom stereocenters. The molecular formula is C14H19NO2S. The van der Waals surface area contributed by atoms with Crippen LogP contribution in [0, 0.1) is 11.8 Å². The fraction of sp³-hybridized carbons (Fsp3) is 0.500. The van der Waals surface area contributed by atoms with Crippen LogP contribution < -0.4 is 5.32 Å². The first-order chi connectivity index (χ1) is 8.58. The van der Waals surface area contributed by atoms with Crippen LogP contribution in [0.2, 0.25) is 0 Å². The van der Waals surface area contributed by atoms with Gasteiger partial charge in [0.1, 0.15) is 0 Å². The van der Waals surface area contributed by atoms with Crippen molar-refractivity contribution in [1.82, 2.24) is 0 Å². The minimum Gasteiger partial charge on any atom is -0.481 e. The Labute approximate surface area is 112 Å². The minimum atomic E-state index is -0.704. The number of fused-ring (bicyclic) bond motifs is 1. The Kier molecular flexibility index (Phi) is 4.17. The molecule has 4 heteroatoms. The van der Waals surface area contributed by atoms with E-state index in [9.17, 15) is 9.90 Å². The average Bonchev–Trinajstić information content (AvgIpc) is 2.35. The lowest BCUT2D eigenvalue weighted by molar-refractivity contribution is -0.143. The van der Waals surface area contributed by atoms with Crippen molar-refractivity contribution >= 4 is 23.4 Å². The van der Waals surface area contributed by atoms with E-state index >= 15 is 0 Å². The quantitative estimate of drug-likeness (QED) is 0.878. The lowest BCUT2D eigenvalue weighted by atomic mass is 9.89. The molecule has 1 atom stereocenters. The van der Waals surface area contributed by atoms with E-state index in [1.807, 2.05) is 25.6 Å². The van der Waals surface area contributed by atoms with Crippen LogP contribution in [0.5, 0.6) is 0 Å². The summed E-state index contributed by atoms with van der Waals surface area (Å²) in [5.41, 5.74) is 2.25. The van der Waals surface area contributed by atoms with E-state index in [1.165, 1.54) is 4.90 Å². The number of hydrogen-bond donors (Lipinski definition) is 2. The topological polar surface area (TPSA) is 49.3 Å². The van der Waals surface area contributed by atoms with Gasteiger partial charge in [-0.25, -0.2) is 0 Å². The highest BCUT2D eigenvalue weighted by Gasteiger charge is 2.22. The van der Waals surface area contributed by atoms with Gasteiger partial charge in [0.25, 0.3) is 0 Å². The van der Waals surface area contributed by atoms with Crippen molar-refractivity contribution in [2.24, 2.45) is 11.8 Å².